The molecule has 0 aliphatic carbocycles. The summed E-state index contributed by atoms with van der Waals surface area (Å²) in [6, 6.07) is 1.51. The second-order valence-corrected chi connectivity index (χ2v) is 15.3. The summed E-state index contributed by atoms with van der Waals surface area (Å²) in [6.07, 6.45) is 6.15. The molecular weight excluding hydrogens is 759 g/mol. The molecule has 0 amide bonds. The number of ether oxygens (including phenoxy) is 7. The number of fused-ring (bicyclic) bond motifs is 4. The van der Waals surface area contributed by atoms with E-state index in [2.05, 4.69) is 40.0 Å². The van der Waals surface area contributed by atoms with Crippen molar-refractivity contribution in [1.82, 2.24) is 30.6 Å². The fourth-order valence-corrected chi connectivity index (χ4v) is 5.90. The minimum Gasteiger partial charge on any atom is -0.491 e. The molecule has 2 aromatic rings. The predicted molar refractivity (Wildman–Crippen MR) is 198 cm³/mol. The highest BCUT2D eigenvalue weighted by Crippen LogP contribution is 2.33. The Labute approximate surface area is 326 Å². The number of methoxy groups -OCH3 is 2. The fraction of sp³-hybridized carbons (Fsp3) is 0.706. The first-order chi connectivity index (χ1) is 25.0. The number of halogens is 3. The quantitative estimate of drug-likeness (QED) is 0.277. The molecule has 53 heavy (non-hydrogen) atoms. The Bertz CT molecular complexity index is 1320. The summed E-state index contributed by atoms with van der Waals surface area (Å²) in [5.41, 5.74) is -0.635. The minimum absolute atomic E-state index is 0.0971. The molecule has 19 heteroatoms. The third kappa shape index (κ3) is 18.4. The molecule has 4 unspecified atom stereocenters. The van der Waals surface area contributed by atoms with Gasteiger partial charge in [0.15, 0.2) is 21.2 Å². The van der Waals surface area contributed by atoms with Crippen molar-refractivity contribution < 1.29 is 47.9 Å². The van der Waals surface area contributed by atoms with Crippen LogP contribution in [-0.4, -0.2) is 126 Å². The van der Waals surface area contributed by atoms with Gasteiger partial charge in [-0.2, -0.15) is 4.98 Å². The van der Waals surface area contributed by atoms with Gasteiger partial charge < -0.3 is 48.9 Å². The fourth-order valence-electron chi connectivity index (χ4n) is 5.23. The summed E-state index contributed by atoms with van der Waals surface area (Å²) < 4.78 is 35.8. The number of aromatic nitrogens is 4. The molecule has 0 aromatic carbocycles. The summed E-state index contributed by atoms with van der Waals surface area (Å²) in [5.74, 6) is 1.11. The Hall–Kier alpha value is -2.83. The molecule has 6 heterocycles. The summed E-state index contributed by atoms with van der Waals surface area (Å²) in [4.78, 5) is 34.5. The van der Waals surface area contributed by atoms with E-state index in [1.165, 1.54) is 26.9 Å². The van der Waals surface area contributed by atoms with Crippen molar-refractivity contribution in [2.45, 2.75) is 115 Å². The van der Waals surface area contributed by atoms with Crippen LogP contribution in [0.4, 0.5) is 0 Å². The largest absolute Gasteiger partial charge is 0.491 e. The van der Waals surface area contributed by atoms with Gasteiger partial charge in [0.05, 0.1) is 46.8 Å². The zero-order valence-electron chi connectivity index (χ0n) is 31.5. The van der Waals surface area contributed by atoms with E-state index in [0.717, 1.165) is 52.1 Å². The van der Waals surface area contributed by atoms with E-state index in [4.69, 9.17) is 58.5 Å². The number of nitrogens with one attached hydrogen (secondary N) is 2. The van der Waals surface area contributed by atoms with Crippen LogP contribution in [0.1, 0.15) is 67.2 Å². The Morgan fingerprint density at radius 1 is 0.679 bits per heavy atom. The first kappa shape index (κ1) is 46.3. The van der Waals surface area contributed by atoms with Crippen molar-refractivity contribution >= 4 is 47.7 Å². The Balaban J connectivity index is 0.000000246. The van der Waals surface area contributed by atoms with Crippen molar-refractivity contribution in [3.05, 3.63) is 28.1 Å². The summed E-state index contributed by atoms with van der Waals surface area (Å²) in [7, 11) is 2.99. The molecular formula is C34H53Cl3N6O10. The van der Waals surface area contributed by atoms with Crippen molar-refractivity contribution in [3.8, 4) is 17.4 Å². The average molecular weight is 812 g/mol. The first-order valence-corrected chi connectivity index (χ1v) is 18.1. The highest BCUT2D eigenvalue weighted by molar-refractivity contribution is 6.35. The van der Waals surface area contributed by atoms with Crippen LogP contribution in [0.3, 0.4) is 0 Å². The van der Waals surface area contributed by atoms with Crippen LogP contribution >= 0.6 is 34.8 Å². The normalized spacial score (nSPS) is 24.2. The number of aliphatic hydroxyl groups excluding tert-OH is 1. The number of carbonyl (C=O) groups excluding carboxylic acids is 2. The minimum atomic E-state index is -0.318. The molecule has 6 rings (SSSR count). The maximum Gasteiger partial charge on any atom is 0.293 e. The van der Waals surface area contributed by atoms with Crippen LogP contribution in [-0.2, 0) is 28.5 Å². The van der Waals surface area contributed by atoms with Crippen molar-refractivity contribution in [3.63, 3.8) is 0 Å². The number of rotatable bonds is 6. The third-order valence-electron chi connectivity index (χ3n) is 7.36. The number of hydrogen-bond acceptors (Lipinski definition) is 16. The number of hydrogen-bond donors (Lipinski definition) is 3. The van der Waals surface area contributed by atoms with Crippen molar-refractivity contribution in [2.75, 3.05) is 40.6 Å². The summed E-state index contributed by atoms with van der Waals surface area (Å²) >= 11 is 17.1. The van der Waals surface area contributed by atoms with Gasteiger partial charge >= 0.3 is 0 Å². The van der Waals surface area contributed by atoms with E-state index in [9.17, 15) is 14.7 Å². The van der Waals surface area contributed by atoms with Crippen LogP contribution in [0.5, 0.6) is 17.4 Å². The molecule has 300 valence electrons. The van der Waals surface area contributed by atoms with Crippen LogP contribution in [0.15, 0.2) is 12.7 Å². The molecule has 4 saturated heterocycles. The lowest BCUT2D eigenvalue weighted by Crippen LogP contribution is -2.56. The standard InChI is InChI=1S/C12H16ClN3O3.C7H13NO2.C5H4Cl2N2O.2C5H10O2/c1-17-10-11(13)14-6-15-12(10)19-9-2-7-4-18-5-8(3-9)16-7;9-7-1-5-3-10-4-6(2-7)8-5;1-10-3-4(6)8-2-9-5(3)7;2*1-5(2,3)7-4-6/h6-9,16H,2-5H2,1H3;5-9H,1-4H2;2H,1H3;2*4H,1-3H3. The average Bonchev–Trinajstić information content (AvgIpc) is 3.05. The van der Waals surface area contributed by atoms with Gasteiger partial charge in [0.2, 0.25) is 5.75 Å². The predicted octanol–water partition coefficient (Wildman–Crippen LogP) is 4.24. The molecule has 3 N–H and O–H groups in total. The van der Waals surface area contributed by atoms with E-state index in [1.807, 2.05) is 41.5 Å². The number of nitrogens with zero attached hydrogens (tertiary/aromatic N) is 4. The molecule has 4 bridgehead atoms. The lowest BCUT2D eigenvalue weighted by molar-refractivity contribution is -0.139. The van der Waals surface area contributed by atoms with E-state index >= 15 is 0 Å². The van der Waals surface area contributed by atoms with Gasteiger partial charge in [-0.15, -0.1) is 0 Å². The summed E-state index contributed by atoms with van der Waals surface area (Å²) in [6.45, 7) is 14.9. The van der Waals surface area contributed by atoms with Crippen LogP contribution < -0.4 is 24.8 Å². The molecule has 16 nitrogen and oxygen atoms in total. The third-order valence-corrected chi connectivity index (χ3v) is 8.17. The van der Waals surface area contributed by atoms with Crippen molar-refractivity contribution in [1.29, 1.82) is 0 Å². The van der Waals surface area contributed by atoms with Crippen LogP contribution in [0.25, 0.3) is 0 Å². The van der Waals surface area contributed by atoms with Crippen LogP contribution in [0.2, 0.25) is 15.5 Å². The van der Waals surface area contributed by atoms with Crippen LogP contribution in [0, 0.1) is 0 Å². The molecule has 4 aliphatic heterocycles. The number of morpholine rings is 2. The van der Waals surface area contributed by atoms with Gasteiger partial charge in [-0.1, -0.05) is 34.8 Å². The molecule has 0 radical (unpaired) electrons. The van der Waals surface area contributed by atoms with Gasteiger partial charge in [0.1, 0.15) is 30.0 Å². The summed E-state index contributed by atoms with van der Waals surface area (Å²) in [5, 5.41) is 16.9. The first-order valence-electron chi connectivity index (χ1n) is 17.0. The van der Waals surface area contributed by atoms with Crippen molar-refractivity contribution in [2.24, 2.45) is 0 Å². The van der Waals surface area contributed by atoms with Gasteiger partial charge in [0, 0.05) is 37.0 Å². The zero-order chi connectivity index (χ0) is 39.6. The second kappa shape index (κ2) is 23.2. The highest BCUT2D eigenvalue weighted by Gasteiger charge is 2.34. The van der Waals surface area contributed by atoms with Gasteiger partial charge in [-0.05, 0) is 54.4 Å². The lowest BCUT2D eigenvalue weighted by atomic mass is 9.95. The van der Waals surface area contributed by atoms with E-state index in [-0.39, 0.29) is 38.9 Å². The smallest absolute Gasteiger partial charge is 0.293 e. The van der Waals surface area contributed by atoms with E-state index < -0.39 is 0 Å². The number of piperidine rings is 2. The molecule has 4 atom stereocenters. The molecule has 2 aromatic heterocycles. The highest BCUT2D eigenvalue weighted by atomic mass is 35.5. The number of aliphatic hydroxyl groups is 1. The Morgan fingerprint density at radius 3 is 1.40 bits per heavy atom. The number of carbonyl (C=O) groups is 2. The maximum atomic E-state index is 9.60. The Kier molecular flexibility index (Phi) is 20.3. The zero-order valence-corrected chi connectivity index (χ0v) is 33.7. The lowest BCUT2D eigenvalue weighted by Gasteiger charge is -2.39. The SMILES string of the molecule is CC(C)(C)OC=O.CC(C)(C)OC=O.COc1c(Cl)ncnc1Cl.COc1c(Cl)ncnc1OC1CC2COCC(C1)N2.OC1CC2COCC(C1)N2. The molecule has 0 saturated carbocycles. The molecule has 4 aliphatic rings. The maximum absolute atomic E-state index is 9.60. The van der Waals surface area contributed by atoms with Gasteiger partial charge in [-0.3, -0.25) is 9.59 Å². The van der Waals surface area contributed by atoms with E-state index in [0.29, 0.717) is 54.5 Å². The topological polar surface area (TPSA) is 195 Å². The molecule has 4 fully saturated rings. The van der Waals surface area contributed by atoms with E-state index in [1.54, 1.807) is 0 Å². The monoisotopic (exact) mass is 810 g/mol. The second-order valence-electron chi connectivity index (χ2n) is 14.2. The van der Waals surface area contributed by atoms with Gasteiger partial charge in [-0.25, -0.2) is 15.0 Å². The van der Waals surface area contributed by atoms with Gasteiger partial charge in [0.25, 0.3) is 18.8 Å². The molecule has 0 spiro atoms. The Morgan fingerprint density at radius 2 is 1.06 bits per heavy atom.